The van der Waals surface area contributed by atoms with Crippen LogP contribution in [0.2, 0.25) is 13.1 Å². The Morgan fingerprint density at radius 1 is 1.12 bits per heavy atom. The molecule has 0 bridgehead atoms. The molecule has 0 amide bonds. The van der Waals surface area contributed by atoms with E-state index in [9.17, 15) is 0 Å². The van der Waals surface area contributed by atoms with E-state index in [1.165, 1.54) is 51.6 Å². The number of rotatable bonds is 5. The van der Waals surface area contributed by atoms with Crippen LogP contribution in [-0.4, -0.2) is 38.6 Å². The molecule has 0 radical (unpaired) electrons. The molecule has 1 unspecified atom stereocenters. The molecule has 100 valence electrons. The van der Waals surface area contributed by atoms with Gasteiger partial charge in [0, 0.05) is 18.8 Å². The molecule has 1 saturated heterocycles. The van der Waals surface area contributed by atoms with Crippen LogP contribution in [0.4, 0.5) is 0 Å². The zero-order valence-electron chi connectivity index (χ0n) is 11.9. The number of likely N-dealkylation sites (tertiary alicyclic amines) is 1. The topological polar surface area (TPSA) is 12.5 Å². The first-order valence-corrected chi connectivity index (χ1v) is 10.5. The molecule has 2 nitrogen and oxygen atoms in total. The van der Waals surface area contributed by atoms with Crippen molar-refractivity contribution in [2.24, 2.45) is 5.92 Å². The Bertz CT molecular complexity index is 238. The highest BCUT2D eigenvalue weighted by Gasteiger charge is 2.43. The van der Waals surface area contributed by atoms with Gasteiger partial charge in [-0.05, 0) is 51.7 Å². The first-order valence-electron chi connectivity index (χ1n) is 7.51. The number of hydrogen-bond acceptors (Lipinski definition) is 2. The molecule has 17 heavy (non-hydrogen) atoms. The first kappa shape index (κ1) is 13.6. The van der Waals surface area contributed by atoms with Gasteiger partial charge >= 0.3 is 0 Å². The van der Waals surface area contributed by atoms with Crippen LogP contribution in [0.15, 0.2) is 0 Å². The van der Waals surface area contributed by atoms with Crippen LogP contribution in [0.5, 0.6) is 0 Å². The predicted molar refractivity (Wildman–Crippen MR) is 75.7 cm³/mol. The molecule has 1 aliphatic heterocycles. The van der Waals surface area contributed by atoms with Gasteiger partial charge in [0.15, 0.2) is 0 Å². The van der Waals surface area contributed by atoms with Crippen LogP contribution >= 0.6 is 0 Å². The molecule has 3 heteroatoms. The minimum absolute atomic E-state index is 0.796. The Balaban J connectivity index is 1.81. The van der Waals surface area contributed by atoms with Crippen LogP contribution in [0.25, 0.3) is 0 Å². The molecule has 0 aromatic carbocycles. The third-order valence-electron chi connectivity index (χ3n) is 4.67. The highest BCUT2D eigenvalue weighted by atomic mass is 28.4. The summed E-state index contributed by atoms with van der Waals surface area (Å²) in [4.78, 5) is 2.73. The summed E-state index contributed by atoms with van der Waals surface area (Å²) in [5.41, 5.74) is 0.796. The summed E-state index contributed by atoms with van der Waals surface area (Å²) in [6, 6.07) is 0. The molecule has 0 aromatic rings. The summed E-state index contributed by atoms with van der Waals surface area (Å²) >= 11 is 0. The van der Waals surface area contributed by atoms with Crippen LogP contribution in [0.3, 0.4) is 0 Å². The van der Waals surface area contributed by atoms with Crippen LogP contribution < -0.4 is 0 Å². The lowest BCUT2D eigenvalue weighted by Crippen LogP contribution is -2.63. The Labute approximate surface area is 108 Å². The van der Waals surface area contributed by atoms with E-state index in [-0.39, 0.29) is 0 Å². The van der Waals surface area contributed by atoms with Gasteiger partial charge in [-0.2, -0.15) is 0 Å². The van der Waals surface area contributed by atoms with Gasteiger partial charge in [-0.25, -0.2) is 0 Å². The standard InChI is InChI=1S/C14H29NOSi/c1-4-16-17(2,3)14-10-11-15(14)12-13-8-6-5-7-9-13/h13-14H,4-12H2,1-3H3. The van der Waals surface area contributed by atoms with Gasteiger partial charge in [0.05, 0.1) is 0 Å². The van der Waals surface area contributed by atoms with Gasteiger partial charge in [0.2, 0.25) is 8.32 Å². The zero-order valence-corrected chi connectivity index (χ0v) is 12.9. The Morgan fingerprint density at radius 3 is 2.35 bits per heavy atom. The average Bonchev–Trinajstić information content (AvgIpc) is 2.25. The molecule has 0 N–H and O–H groups in total. The summed E-state index contributed by atoms with van der Waals surface area (Å²) in [5.74, 6) is 0.984. The minimum atomic E-state index is -1.44. The summed E-state index contributed by atoms with van der Waals surface area (Å²) in [7, 11) is -1.44. The molecular formula is C14H29NOSi. The van der Waals surface area contributed by atoms with Crippen molar-refractivity contribution in [3.8, 4) is 0 Å². The van der Waals surface area contributed by atoms with E-state index in [4.69, 9.17) is 4.43 Å². The molecule has 1 heterocycles. The fourth-order valence-corrected chi connectivity index (χ4v) is 6.49. The van der Waals surface area contributed by atoms with Crippen LogP contribution in [0, 0.1) is 5.92 Å². The highest BCUT2D eigenvalue weighted by molar-refractivity contribution is 6.73. The van der Waals surface area contributed by atoms with Crippen molar-refractivity contribution in [3.05, 3.63) is 0 Å². The van der Waals surface area contributed by atoms with Crippen molar-refractivity contribution in [2.45, 2.75) is 64.2 Å². The summed E-state index contributed by atoms with van der Waals surface area (Å²) in [6.07, 6.45) is 8.73. The number of nitrogens with zero attached hydrogens (tertiary/aromatic N) is 1. The second-order valence-electron chi connectivity index (χ2n) is 6.34. The SMILES string of the molecule is CCO[Si](C)(C)C1CCN1CC1CCCCC1. The van der Waals surface area contributed by atoms with Gasteiger partial charge in [0.25, 0.3) is 0 Å². The first-order chi connectivity index (χ1) is 8.13. The van der Waals surface area contributed by atoms with Gasteiger partial charge in [0.1, 0.15) is 0 Å². The van der Waals surface area contributed by atoms with E-state index in [2.05, 4.69) is 24.9 Å². The summed E-state index contributed by atoms with van der Waals surface area (Å²) in [6.45, 7) is 10.5. The van der Waals surface area contributed by atoms with Crippen molar-refractivity contribution >= 4 is 8.32 Å². The Kier molecular flexibility index (Phi) is 4.67. The van der Waals surface area contributed by atoms with Crippen molar-refractivity contribution in [1.29, 1.82) is 0 Å². The van der Waals surface area contributed by atoms with E-state index in [0.717, 1.165) is 18.2 Å². The van der Waals surface area contributed by atoms with Crippen molar-refractivity contribution in [2.75, 3.05) is 19.7 Å². The number of hydrogen-bond donors (Lipinski definition) is 0. The molecule has 2 rings (SSSR count). The summed E-state index contributed by atoms with van der Waals surface area (Å²) in [5, 5.41) is 0. The fourth-order valence-electron chi connectivity index (χ4n) is 3.62. The maximum absolute atomic E-state index is 6.05. The smallest absolute Gasteiger partial charge is 0.203 e. The lowest BCUT2D eigenvalue weighted by Gasteiger charge is -2.49. The molecule has 2 fully saturated rings. The third-order valence-corrected chi connectivity index (χ3v) is 7.96. The highest BCUT2D eigenvalue weighted by Crippen LogP contribution is 2.32. The molecule has 1 aliphatic carbocycles. The van der Waals surface area contributed by atoms with Gasteiger partial charge < -0.3 is 9.33 Å². The van der Waals surface area contributed by atoms with Crippen LogP contribution in [-0.2, 0) is 4.43 Å². The molecule has 0 spiro atoms. The van der Waals surface area contributed by atoms with Gasteiger partial charge in [-0.15, -0.1) is 0 Å². The molecule has 1 saturated carbocycles. The third kappa shape index (κ3) is 3.33. The predicted octanol–water partition coefficient (Wildman–Crippen LogP) is 3.42. The fraction of sp³-hybridized carbons (Fsp3) is 1.00. The molecular weight excluding hydrogens is 226 g/mol. The lowest BCUT2D eigenvalue weighted by molar-refractivity contribution is 0.0891. The van der Waals surface area contributed by atoms with E-state index in [0.29, 0.717) is 0 Å². The summed E-state index contributed by atoms with van der Waals surface area (Å²) < 4.78 is 6.05. The van der Waals surface area contributed by atoms with E-state index in [1.54, 1.807) is 0 Å². The Morgan fingerprint density at radius 2 is 1.82 bits per heavy atom. The quantitative estimate of drug-likeness (QED) is 0.698. The zero-order chi connectivity index (χ0) is 12.3. The van der Waals surface area contributed by atoms with E-state index >= 15 is 0 Å². The van der Waals surface area contributed by atoms with E-state index in [1.807, 2.05) is 0 Å². The van der Waals surface area contributed by atoms with Crippen molar-refractivity contribution in [1.82, 2.24) is 4.90 Å². The second-order valence-corrected chi connectivity index (χ2v) is 10.5. The maximum Gasteiger partial charge on any atom is 0.203 e. The Hall–Kier alpha value is 0.137. The minimum Gasteiger partial charge on any atom is -0.416 e. The van der Waals surface area contributed by atoms with E-state index < -0.39 is 8.32 Å². The largest absolute Gasteiger partial charge is 0.416 e. The van der Waals surface area contributed by atoms with Crippen molar-refractivity contribution < 1.29 is 4.43 Å². The van der Waals surface area contributed by atoms with Crippen molar-refractivity contribution in [3.63, 3.8) is 0 Å². The average molecular weight is 255 g/mol. The molecule has 2 aliphatic rings. The monoisotopic (exact) mass is 255 g/mol. The molecule has 1 atom stereocenters. The maximum atomic E-state index is 6.05. The van der Waals surface area contributed by atoms with Gasteiger partial charge in [-0.3, -0.25) is 0 Å². The normalized spacial score (nSPS) is 28.1. The lowest BCUT2D eigenvalue weighted by atomic mass is 9.88. The second kappa shape index (κ2) is 5.85. The molecule has 0 aromatic heterocycles. The van der Waals surface area contributed by atoms with Gasteiger partial charge in [-0.1, -0.05) is 19.3 Å². The van der Waals surface area contributed by atoms with Crippen LogP contribution in [0.1, 0.15) is 45.4 Å².